The normalized spacial score (nSPS) is 14.7. The number of benzene rings is 1. The maximum Gasteiger partial charge on any atom is 0.326 e. The van der Waals surface area contributed by atoms with E-state index in [2.05, 4.69) is 0 Å². The van der Waals surface area contributed by atoms with Gasteiger partial charge < -0.3 is 10.0 Å². The van der Waals surface area contributed by atoms with Crippen molar-refractivity contribution in [2.45, 2.75) is 38.1 Å². The van der Waals surface area contributed by atoms with Crippen LogP contribution >= 0.6 is 11.3 Å². The molecule has 0 aliphatic heterocycles. The lowest BCUT2D eigenvalue weighted by atomic mass is 9.95. The van der Waals surface area contributed by atoms with E-state index in [1.54, 1.807) is 18.4 Å². The van der Waals surface area contributed by atoms with Gasteiger partial charge in [-0.15, -0.1) is 11.3 Å². The molecule has 126 valence electrons. The quantitative estimate of drug-likeness (QED) is 0.905. The third-order valence-corrected chi connectivity index (χ3v) is 5.73. The van der Waals surface area contributed by atoms with E-state index in [4.69, 9.17) is 0 Å². The zero-order valence-electron chi connectivity index (χ0n) is 13.7. The molecule has 0 radical (unpaired) electrons. The molecule has 0 saturated carbocycles. The molecule has 1 N–H and O–H groups in total. The predicted molar refractivity (Wildman–Crippen MR) is 94.6 cm³/mol. The third kappa shape index (κ3) is 3.36. The van der Waals surface area contributed by atoms with Crippen LogP contribution in [0.15, 0.2) is 35.7 Å². The molecule has 1 unspecified atom stereocenters. The Kier molecular flexibility index (Phi) is 5.00. The van der Waals surface area contributed by atoms with Crippen LogP contribution < -0.4 is 0 Å². The molecule has 0 spiro atoms. The molecule has 1 aromatic heterocycles. The minimum absolute atomic E-state index is 0.183. The molecule has 0 bridgehead atoms. The van der Waals surface area contributed by atoms with Gasteiger partial charge in [0, 0.05) is 23.7 Å². The van der Waals surface area contributed by atoms with Gasteiger partial charge in [-0.05, 0) is 36.8 Å². The maximum atomic E-state index is 12.9. The number of aliphatic carboxylic acids is 1. The Bertz CT molecular complexity index is 738. The number of hydrogen-bond acceptors (Lipinski definition) is 3. The summed E-state index contributed by atoms with van der Waals surface area (Å²) >= 11 is 1.63. The summed E-state index contributed by atoms with van der Waals surface area (Å²) in [6, 6.07) is 8.57. The smallest absolute Gasteiger partial charge is 0.326 e. The molecule has 1 aliphatic rings. The van der Waals surface area contributed by atoms with Gasteiger partial charge in [-0.25, -0.2) is 4.79 Å². The topological polar surface area (TPSA) is 57.6 Å². The number of likely N-dealkylation sites (N-methyl/N-ethyl adjacent to an activating group) is 1. The summed E-state index contributed by atoms with van der Waals surface area (Å²) in [5, 5.41) is 11.5. The number of carboxylic acid groups (broad SMARTS) is 1. The number of carbonyl (C=O) groups is 2. The van der Waals surface area contributed by atoms with E-state index < -0.39 is 12.0 Å². The monoisotopic (exact) mass is 343 g/mol. The van der Waals surface area contributed by atoms with Gasteiger partial charge in [-0.3, -0.25) is 4.79 Å². The zero-order chi connectivity index (χ0) is 17.1. The summed E-state index contributed by atoms with van der Waals surface area (Å²) in [5.41, 5.74) is 2.74. The highest BCUT2D eigenvalue weighted by molar-refractivity contribution is 7.10. The number of carbonyl (C=O) groups excluding carboxylic acids is 1. The molecule has 1 amide bonds. The first kappa shape index (κ1) is 16.7. The van der Waals surface area contributed by atoms with Gasteiger partial charge in [0.15, 0.2) is 0 Å². The van der Waals surface area contributed by atoms with Crippen molar-refractivity contribution in [3.63, 3.8) is 0 Å². The van der Waals surface area contributed by atoms with Crippen LogP contribution in [0.2, 0.25) is 0 Å². The summed E-state index contributed by atoms with van der Waals surface area (Å²) in [6.07, 6.45) is 4.53. The van der Waals surface area contributed by atoms with Crippen LogP contribution in [0.4, 0.5) is 0 Å². The predicted octanol–water partition coefficient (Wildman–Crippen LogP) is 3.39. The fourth-order valence-electron chi connectivity index (χ4n) is 3.23. The highest BCUT2D eigenvalue weighted by Gasteiger charge is 2.30. The van der Waals surface area contributed by atoms with Crippen molar-refractivity contribution in [3.8, 4) is 0 Å². The van der Waals surface area contributed by atoms with E-state index in [-0.39, 0.29) is 5.91 Å². The van der Waals surface area contributed by atoms with E-state index >= 15 is 0 Å². The van der Waals surface area contributed by atoms with Crippen LogP contribution in [-0.2, 0) is 24.1 Å². The van der Waals surface area contributed by atoms with Crippen LogP contribution in [0.5, 0.6) is 0 Å². The maximum absolute atomic E-state index is 12.9. The molecule has 1 aliphatic carbocycles. The second kappa shape index (κ2) is 7.18. The zero-order valence-corrected chi connectivity index (χ0v) is 14.5. The van der Waals surface area contributed by atoms with Gasteiger partial charge in [0.05, 0.1) is 5.56 Å². The van der Waals surface area contributed by atoms with E-state index in [0.717, 1.165) is 30.4 Å². The molecule has 0 saturated heterocycles. The van der Waals surface area contributed by atoms with Crippen molar-refractivity contribution in [3.05, 3.63) is 57.3 Å². The summed E-state index contributed by atoms with van der Waals surface area (Å²) in [5.74, 6) is -1.16. The van der Waals surface area contributed by atoms with Gasteiger partial charge in [0.2, 0.25) is 0 Å². The van der Waals surface area contributed by atoms with Crippen molar-refractivity contribution in [1.82, 2.24) is 4.90 Å². The van der Waals surface area contributed by atoms with E-state index in [1.165, 1.54) is 16.2 Å². The molecular weight excluding hydrogens is 322 g/mol. The van der Waals surface area contributed by atoms with Gasteiger partial charge >= 0.3 is 5.97 Å². The Morgan fingerprint density at radius 1 is 1.21 bits per heavy atom. The average molecular weight is 343 g/mol. The first-order chi connectivity index (χ1) is 11.6. The number of hydrogen-bond donors (Lipinski definition) is 1. The van der Waals surface area contributed by atoms with Crippen LogP contribution in [-0.4, -0.2) is 35.0 Å². The minimum atomic E-state index is -0.973. The number of rotatable bonds is 5. The Labute approximate surface area is 145 Å². The van der Waals surface area contributed by atoms with Crippen molar-refractivity contribution in [2.75, 3.05) is 7.05 Å². The van der Waals surface area contributed by atoms with Crippen molar-refractivity contribution >= 4 is 23.2 Å². The molecule has 5 heteroatoms. The van der Waals surface area contributed by atoms with Gasteiger partial charge in [0.1, 0.15) is 6.04 Å². The summed E-state index contributed by atoms with van der Waals surface area (Å²) in [4.78, 5) is 27.3. The second-order valence-corrected chi connectivity index (χ2v) is 7.18. The summed E-state index contributed by atoms with van der Waals surface area (Å²) in [7, 11) is 1.59. The van der Waals surface area contributed by atoms with Gasteiger partial charge in [-0.1, -0.05) is 30.3 Å². The first-order valence-corrected chi connectivity index (χ1v) is 9.09. The Hall–Kier alpha value is -2.14. The van der Waals surface area contributed by atoms with Crippen LogP contribution in [0.1, 0.15) is 39.2 Å². The minimum Gasteiger partial charge on any atom is -0.480 e. The first-order valence-electron chi connectivity index (χ1n) is 8.21. The van der Waals surface area contributed by atoms with Crippen LogP contribution in [0.25, 0.3) is 0 Å². The standard InChI is InChI=1S/C19H21NO3S/c1-20(16(19(22)23)11-13-7-3-2-4-8-13)18(21)15-12-24-17-10-6-5-9-14(15)17/h2-4,7-8,12,16H,5-6,9-11H2,1H3,(H,22,23). The molecule has 1 heterocycles. The lowest BCUT2D eigenvalue weighted by molar-refractivity contribution is -0.141. The second-order valence-electron chi connectivity index (χ2n) is 6.22. The van der Waals surface area contributed by atoms with E-state index in [1.807, 2.05) is 35.7 Å². The van der Waals surface area contributed by atoms with E-state index in [0.29, 0.717) is 12.0 Å². The molecule has 3 rings (SSSR count). The van der Waals surface area contributed by atoms with Crippen molar-refractivity contribution < 1.29 is 14.7 Å². The highest BCUT2D eigenvalue weighted by atomic mass is 32.1. The molecular formula is C19H21NO3S. The fourth-order valence-corrected chi connectivity index (χ4v) is 4.35. The molecule has 4 nitrogen and oxygen atoms in total. The van der Waals surface area contributed by atoms with Crippen LogP contribution in [0.3, 0.4) is 0 Å². The number of aryl methyl sites for hydroxylation is 1. The number of amides is 1. The van der Waals surface area contributed by atoms with E-state index in [9.17, 15) is 14.7 Å². The highest BCUT2D eigenvalue weighted by Crippen LogP contribution is 2.31. The number of carboxylic acids is 1. The largest absolute Gasteiger partial charge is 0.480 e. The molecule has 2 aromatic rings. The number of nitrogens with zero attached hydrogens (tertiary/aromatic N) is 1. The number of fused-ring (bicyclic) bond motifs is 1. The van der Waals surface area contributed by atoms with Crippen LogP contribution in [0, 0.1) is 0 Å². The lowest BCUT2D eigenvalue weighted by Crippen LogP contribution is -2.44. The molecule has 1 aromatic carbocycles. The lowest BCUT2D eigenvalue weighted by Gasteiger charge is -2.25. The van der Waals surface area contributed by atoms with Crippen molar-refractivity contribution in [1.29, 1.82) is 0 Å². The number of thiophene rings is 1. The summed E-state index contributed by atoms with van der Waals surface area (Å²) < 4.78 is 0. The molecule has 0 fully saturated rings. The van der Waals surface area contributed by atoms with Crippen molar-refractivity contribution in [2.24, 2.45) is 0 Å². The van der Waals surface area contributed by atoms with Gasteiger partial charge in [0.25, 0.3) is 5.91 Å². The SMILES string of the molecule is CN(C(=O)c1csc2c1CCCC2)C(Cc1ccccc1)C(=O)O. The molecule has 24 heavy (non-hydrogen) atoms. The molecule has 1 atom stereocenters. The average Bonchev–Trinajstić information content (AvgIpc) is 3.03. The Balaban J connectivity index is 1.82. The Morgan fingerprint density at radius 3 is 2.62 bits per heavy atom. The third-order valence-electron chi connectivity index (χ3n) is 4.64. The summed E-state index contributed by atoms with van der Waals surface area (Å²) in [6.45, 7) is 0. The Morgan fingerprint density at radius 2 is 1.92 bits per heavy atom. The van der Waals surface area contributed by atoms with Gasteiger partial charge in [-0.2, -0.15) is 0 Å². The fraction of sp³-hybridized carbons (Fsp3) is 0.368.